The van der Waals surface area contributed by atoms with Crippen molar-refractivity contribution in [3.63, 3.8) is 0 Å². The lowest BCUT2D eigenvalue weighted by atomic mass is 9.99. The first kappa shape index (κ1) is 14.8. The molecule has 1 aromatic carbocycles. The van der Waals surface area contributed by atoms with E-state index in [0.29, 0.717) is 5.92 Å². The number of hydrogen-bond acceptors (Lipinski definition) is 2. The number of aromatic nitrogens is 2. The van der Waals surface area contributed by atoms with Gasteiger partial charge in [-0.05, 0) is 45.4 Å². The maximum atomic E-state index is 4.73. The summed E-state index contributed by atoms with van der Waals surface area (Å²) in [5.41, 5.74) is 6.16. The zero-order valence-corrected chi connectivity index (χ0v) is 13.2. The average molecular weight is 271 g/mol. The van der Waals surface area contributed by atoms with E-state index in [2.05, 4.69) is 68.9 Å². The molecule has 0 saturated heterocycles. The monoisotopic (exact) mass is 271 g/mol. The van der Waals surface area contributed by atoms with Gasteiger partial charge in [0.15, 0.2) is 0 Å². The van der Waals surface area contributed by atoms with Gasteiger partial charge in [0.2, 0.25) is 0 Å². The fourth-order valence-corrected chi connectivity index (χ4v) is 2.77. The summed E-state index contributed by atoms with van der Waals surface area (Å²) in [6.07, 6.45) is 0. The molecule has 3 heteroatoms. The second kappa shape index (κ2) is 6.23. The molecule has 0 aliphatic heterocycles. The fourth-order valence-electron chi connectivity index (χ4n) is 2.77. The van der Waals surface area contributed by atoms with Crippen LogP contribution in [0.3, 0.4) is 0 Å². The first-order valence-electron chi connectivity index (χ1n) is 7.38. The lowest BCUT2D eigenvalue weighted by Crippen LogP contribution is -2.20. The van der Waals surface area contributed by atoms with E-state index in [4.69, 9.17) is 5.10 Å². The van der Waals surface area contributed by atoms with E-state index in [-0.39, 0.29) is 0 Å². The van der Waals surface area contributed by atoms with Crippen molar-refractivity contribution in [1.29, 1.82) is 0 Å². The molecular formula is C17H25N3. The Morgan fingerprint density at radius 3 is 2.40 bits per heavy atom. The Morgan fingerprint density at radius 2 is 1.80 bits per heavy atom. The van der Waals surface area contributed by atoms with Gasteiger partial charge in [0.1, 0.15) is 0 Å². The van der Waals surface area contributed by atoms with Gasteiger partial charge in [-0.1, -0.05) is 31.5 Å². The number of nitrogens with one attached hydrogen (secondary N) is 1. The van der Waals surface area contributed by atoms with Crippen molar-refractivity contribution in [3.05, 3.63) is 46.8 Å². The summed E-state index contributed by atoms with van der Waals surface area (Å²) in [5.74, 6) is 0.481. The molecule has 0 bridgehead atoms. The van der Waals surface area contributed by atoms with Gasteiger partial charge in [0.25, 0.3) is 0 Å². The molecule has 0 saturated carbocycles. The number of benzene rings is 1. The lowest BCUT2D eigenvalue weighted by molar-refractivity contribution is 0.630. The van der Waals surface area contributed by atoms with E-state index in [0.717, 1.165) is 24.5 Å². The van der Waals surface area contributed by atoms with Gasteiger partial charge in [0.05, 0.1) is 11.4 Å². The van der Waals surface area contributed by atoms with Crippen LogP contribution in [0, 0.1) is 20.8 Å². The van der Waals surface area contributed by atoms with E-state index < -0.39 is 0 Å². The summed E-state index contributed by atoms with van der Waals surface area (Å²) >= 11 is 0. The smallest absolute Gasteiger partial charge is 0.0649 e. The maximum Gasteiger partial charge on any atom is 0.0649 e. The molecule has 0 amide bonds. The highest BCUT2D eigenvalue weighted by Gasteiger charge is 2.17. The Labute approximate surface area is 122 Å². The van der Waals surface area contributed by atoms with E-state index >= 15 is 0 Å². The van der Waals surface area contributed by atoms with Crippen LogP contribution < -0.4 is 5.32 Å². The Morgan fingerprint density at radius 1 is 1.15 bits per heavy atom. The number of likely N-dealkylation sites (N-methyl/N-ethyl adjacent to an activating group) is 1. The summed E-state index contributed by atoms with van der Waals surface area (Å²) in [7, 11) is 0. The lowest BCUT2D eigenvalue weighted by Gasteiger charge is -2.13. The van der Waals surface area contributed by atoms with Crippen molar-refractivity contribution in [3.8, 4) is 5.69 Å². The highest BCUT2D eigenvalue weighted by molar-refractivity contribution is 5.39. The van der Waals surface area contributed by atoms with Crippen molar-refractivity contribution < 1.29 is 0 Å². The topological polar surface area (TPSA) is 29.9 Å². The van der Waals surface area contributed by atoms with Crippen LogP contribution in [0.5, 0.6) is 0 Å². The molecule has 0 radical (unpaired) electrons. The first-order chi connectivity index (χ1) is 9.54. The third-order valence-corrected chi connectivity index (χ3v) is 3.82. The van der Waals surface area contributed by atoms with Gasteiger partial charge < -0.3 is 5.32 Å². The summed E-state index contributed by atoms with van der Waals surface area (Å²) < 4.78 is 2.06. The molecule has 2 aromatic rings. The minimum Gasteiger partial charge on any atom is -0.316 e. The zero-order valence-electron chi connectivity index (χ0n) is 13.2. The predicted octanol–water partition coefficient (Wildman–Crippen LogP) is 3.51. The summed E-state index contributed by atoms with van der Waals surface area (Å²) in [6, 6.07) is 8.53. The van der Waals surface area contributed by atoms with Gasteiger partial charge in [0, 0.05) is 17.8 Å². The fraction of sp³-hybridized carbons (Fsp3) is 0.471. The summed E-state index contributed by atoms with van der Waals surface area (Å²) in [6.45, 7) is 12.8. The Balaban J connectivity index is 2.35. The Kier molecular flexibility index (Phi) is 4.61. The second-order valence-corrected chi connectivity index (χ2v) is 5.54. The van der Waals surface area contributed by atoms with Crippen LogP contribution in [0.15, 0.2) is 24.3 Å². The molecule has 108 valence electrons. The number of nitrogens with zero attached hydrogens (tertiary/aromatic N) is 2. The molecule has 0 spiro atoms. The molecule has 1 N–H and O–H groups in total. The van der Waals surface area contributed by atoms with Crippen molar-refractivity contribution in [2.45, 2.75) is 40.5 Å². The van der Waals surface area contributed by atoms with Crippen LogP contribution in [0.4, 0.5) is 0 Å². The predicted molar refractivity (Wildman–Crippen MR) is 84.7 cm³/mol. The molecule has 1 unspecified atom stereocenters. The van der Waals surface area contributed by atoms with Crippen LogP contribution in [0.1, 0.15) is 42.3 Å². The normalized spacial score (nSPS) is 12.7. The molecule has 1 heterocycles. The third kappa shape index (κ3) is 2.93. The van der Waals surface area contributed by atoms with E-state index in [1.54, 1.807) is 0 Å². The highest BCUT2D eigenvalue weighted by atomic mass is 15.3. The summed E-state index contributed by atoms with van der Waals surface area (Å²) in [4.78, 5) is 0. The van der Waals surface area contributed by atoms with Crippen molar-refractivity contribution in [2.75, 3.05) is 13.1 Å². The van der Waals surface area contributed by atoms with Gasteiger partial charge in [-0.3, -0.25) is 0 Å². The zero-order chi connectivity index (χ0) is 14.7. The first-order valence-corrected chi connectivity index (χ1v) is 7.38. The number of hydrogen-bond donors (Lipinski definition) is 1. The molecule has 3 nitrogen and oxygen atoms in total. The SMILES string of the molecule is CCNCC(C)c1c(C)nn(-c2ccc(C)cc2)c1C. The third-order valence-electron chi connectivity index (χ3n) is 3.82. The molecule has 2 rings (SSSR count). The molecule has 0 aliphatic carbocycles. The largest absolute Gasteiger partial charge is 0.316 e. The van der Waals surface area contributed by atoms with Crippen molar-refractivity contribution in [2.24, 2.45) is 0 Å². The molecule has 1 atom stereocenters. The van der Waals surface area contributed by atoms with Gasteiger partial charge in [-0.15, -0.1) is 0 Å². The molecular weight excluding hydrogens is 246 g/mol. The van der Waals surface area contributed by atoms with Crippen LogP contribution in [0.25, 0.3) is 5.69 Å². The summed E-state index contributed by atoms with van der Waals surface area (Å²) in [5, 5.41) is 8.15. The van der Waals surface area contributed by atoms with E-state index in [1.165, 1.54) is 16.8 Å². The molecule has 1 aromatic heterocycles. The Bertz CT molecular complexity index is 567. The number of aryl methyl sites for hydroxylation is 2. The van der Waals surface area contributed by atoms with Crippen molar-refractivity contribution >= 4 is 0 Å². The second-order valence-electron chi connectivity index (χ2n) is 5.54. The minimum absolute atomic E-state index is 0.481. The van der Waals surface area contributed by atoms with Crippen LogP contribution in [-0.4, -0.2) is 22.9 Å². The van der Waals surface area contributed by atoms with Gasteiger partial charge in [-0.25, -0.2) is 4.68 Å². The standard InChI is InChI=1S/C17H25N3/c1-6-18-11-13(3)17-14(4)19-20(15(17)5)16-9-7-12(2)8-10-16/h7-10,13,18H,6,11H2,1-5H3. The van der Waals surface area contributed by atoms with Crippen LogP contribution >= 0.6 is 0 Å². The quantitative estimate of drug-likeness (QED) is 0.902. The highest BCUT2D eigenvalue weighted by Crippen LogP contribution is 2.25. The van der Waals surface area contributed by atoms with Crippen LogP contribution in [-0.2, 0) is 0 Å². The van der Waals surface area contributed by atoms with Gasteiger partial charge in [-0.2, -0.15) is 5.10 Å². The van der Waals surface area contributed by atoms with E-state index in [1.807, 2.05) is 0 Å². The molecule has 20 heavy (non-hydrogen) atoms. The maximum absolute atomic E-state index is 4.73. The molecule has 0 fully saturated rings. The number of rotatable bonds is 5. The van der Waals surface area contributed by atoms with Crippen molar-refractivity contribution in [1.82, 2.24) is 15.1 Å². The van der Waals surface area contributed by atoms with Crippen LogP contribution in [0.2, 0.25) is 0 Å². The van der Waals surface area contributed by atoms with E-state index in [9.17, 15) is 0 Å². The Hall–Kier alpha value is -1.61. The minimum atomic E-state index is 0.481. The average Bonchev–Trinajstić information content (AvgIpc) is 2.72. The van der Waals surface area contributed by atoms with Gasteiger partial charge >= 0.3 is 0 Å². The molecule has 0 aliphatic rings.